The molecule has 0 heterocycles. The Hall–Kier alpha value is -4.19. The van der Waals surface area contributed by atoms with Crippen molar-refractivity contribution in [2.45, 2.75) is 64.0 Å². The van der Waals surface area contributed by atoms with Gasteiger partial charge >= 0.3 is 0 Å². The van der Waals surface area contributed by atoms with Crippen LogP contribution in [0.15, 0.2) is 78.9 Å². The van der Waals surface area contributed by atoms with Crippen molar-refractivity contribution in [2.75, 3.05) is 7.11 Å². The van der Waals surface area contributed by atoms with Gasteiger partial charge in [-0.25, -0.2) is 4.39 Å². The maximum Gasteiger partial charge on any atom is 0.244 e. The largest absolute Gasteiger partial charge is 0.497 e. The number of aryl methyl sites for hydroxylation is 2. The van der Waals surface area contributed by atoms with E-state index in [1.165, 1.54) is 23.3 Å². The van der Waals surface area contributed by atoms with Gasteiger partial charge in [0.25, 0.3) is 0 Å². The summed E-state index contributed by atoms with van der Waals surface area (Å²) in [7, 11) is 1.68. The highest BCUT2D eigenvalue weighted by atomic mass is 19.1. The molecule has 3 aromatic rings. The minimum absolute atomic E-state index is 0.0566. The lowest BCUT2D eigenvalue weighted by Crippen LogP contribution is -2.23. The SMILES string of the molecule is COc1ccc2c(c1)CCC/C2=C\C(=O)NC1CC1.O=C(/C=C1\CCCc2ccc(F)cc21)NCc1ccccc1. The van der Waals surface area contributed by atoms with Gasteiger partial charge in [-0.3, -0.25) is 9.59 Å². The van der Waals surface area contributed by atoms with Crippen LogP contribution in [-0.2, 0) is 29.0 Å². The molecule has 0 unspecified atom stereocenters. The quantitative estimate of drug-likeness (QED) is 0.341. The van der Waals surface area contributed by atoms with E-state index in [0.717, 1.165) is 85.0 Å². The first-order valence-corrected chi connectivity index (χ1v) is 14.5. The third-order valence-corrected chi connectivity index (χ3v) is 7.70. The van der Waals surface area contributed by atoms with E-state index in [1.807, 2.05) is 42.5 Å². The molecule has 6 heteroatoms. The maximum absolute atomic E-state index is 13.4. The number of amides is 2. The van der Waals surface area contributed by atoms with Gasteiger partial charge in [0.2, 0.25) is 11.8 Å². The fraction of sp³-hybridized carbons (Fsp3) is 0.314. The van der Waals surface area contributed by atoms with Gasteiger partial charge in [0.15, 0.2) is 0 Å². The van der Waals surface area contributed by atoms with Crippen LogP contribution in [0.1, 0.15) is 66.3 Å². The van der Waals surface area contributed by atoms with E-state index in [1.54, 1.807) is 19.3 Å². The van der Waals surface area contributed by atoms with E-state index in [0.29, 0.717) is 12.6 Å². The van der Waals surface area contributed by atoms with Gasteiger partial charge in [0.1, 0.15) is 11.6 Å². The highest BCUT2D eigenvalue weighted by Crippen LogP contribution is 2.33. The molecule has 0 saturated heterocycles. The van der Waals surface area contributed by atoms with Crippen LogP contribution in [-0.4, -0.2) is 25.0 Å². The molecule has 1 saturated carbocycles. The minimum atomic E-state index is -0.253. The third-order valence-electron chi connectivity index (χ3n) is 7.70. The molecule has 6 rings (SSSR count). The topological polar surface area (TPSA) is 67.4 Å². The molecular formula is C35H37FN2O3. The number of carbonyl (C=O) groups excluding carboxylic acids is 2. The lowest BCUT2D eigenvalue weighted by Gasteiger charge is -2.19. The van der Waals surface area contributed by atoms with Gasteiger partial charge < -0.3 is 15.4 Å². The normalized spacial score (nSPS) is 17.5. The number of rotatable bonds is 6. The molecule has 3 aromatic carbocycles. The van der Waals surface area contributed by atoms with Gasteiger partial charge in [-0.2, -0.15) is 0 Å². The standard InChI is InChI=1S/C19H18FNO.C16H19NO2/c20-17-10-9-15-7-4-8-16(18(15)12-17)11-19(22)21-13-14-5-2-1-3-6-14;1-19-14-7-8-15-11(9-14)3-2-4-12(15)10-16(18)17-13-5-6-13/h1-3,5-6,9-12H,4,7-8,13H2,(H,21,22);7-10,13H,2-6H2,1H3,(H,17,18)/b16-11+;12-10+. The first kappa shape index (κ1) is 28.3. The predicted octanol–water partition coefficient (Wildman–Crippen LogP) is 6.56. The monoisotopic (exact) mass is 552 g/mol. The third kappa shape index (κ3) is 7.94. The molecule has 2 N–H and O–H groups in total. The Kier molecular flexibility index (Phi) is 9.29. The molecule has 0 atom stereocenters. The summed E-state index contributed by atoms with van der Waals surface area (Å²) in [6.07, 6.45) is 11.5. The van der Waals surface area contributed by atoms with E-state index in [4.69, 9.17) is 4.74 Å². The van der Waals surface area contributed by atoms with Crippen molar-refractivity contribution in [3.05, 3.63) is 113 Å². The summed E-state index contributed by atoms with van der Waals surface area (Å²) in [4.78, 5) is 24.0. The molecule has 5 nitrogen and oxygen atoms in total. The van der Waals surface area contributed by atoms with Gasteiger partial charge in [-0.1, -0.05) is 42.5 Å². The first-order valence-electron chi connectivity index (χ1n) is 14.5. The Morgan fingerprint density at radius 2 is 1.54 bits per heavy atom. The van der Waals surface area contributed by atoms with E-state index in [2.05, 4.69) is 22.8 Å². The first-order chi connectivity index (χ1) is 20.0. The zero-order valence-electron chi connectivity index (χ0n) is 23.5. The Balaban J connectivity index is 0.000000166. The maximum atomic E-state index is 13.4. The summed E-state index contributed by atoms with van der Waals surface area (Å²) in [5, 5.41) is 5.90. The molecule has 0 spiro atoms. The highest BCUT2D eigenvalue weighted by Gasteiger charge is 2.23. The van der Waals surface area contributed by atoms with Crippen LogP contribution in [0.5, 0.6) is 5.75 Å². The Morgan fingerprint density at radius 3 is 2.27 bits per heavy atom. The summed E-state index contributed by atoms with van der Waals surface area (Å²) in [5.74, 6) is 0.566. The van der Waals surface area contributed by atoms with Crippen LogP contribution >= 0.6 is 0 Å². The van der Waals surface area contributed by atoms with E-state index >= 15 is 0 Å². The average molecular weight is 553 g/mol. The van der Waals surface area contributed by atoms with Crippen molar-refractivity contribution >= 4 is 23.0 Å². The van der Waals surface area contributed by atoms with Gasteiger partial charge in [0.05, 0.1) is 7.11 Å². The zero-order valence-corrected chi connectivity index (χ0v) is 23.5. The van der Waals surface area contributed by atoms with Crippen LogP contribution < -0.4 is 15.4 Å². The molecule has 212 valence electrons. The zero-order chi connectivity index (χ0) is 28.6. The molecule has 3 aliphatic rings. The molecule has 1 fully saturated rings. The van der Waals surface area contributed by atoms with Gasteiger partial charge in [0, 0.05) is 24.7 Å². The van der Waals surface area contributed by atoms with Crippen molar-refractivity contribution in [1.82, 2.24) is 10.6 Å². The smallest absolute Gasteiger partial charge is 0.244 e. The van der Waals surface area contributed by atoms with Crippen molar-refractivity contribution in [3.63, 3.8) is 0 Å². The van der Waals surface area contributed by atoms with Crippen LogP contribution in [0, 0.1) is 5.82 Å². The van der Waals surface area contributed by atoms with Crippen molar-refractivity contribution < 1.29 is 18.7 Å². The fourth-order valence-corrected chi connectivity index (χ4v) is 5.41. The number of allylic oxidation sites excluding steroid dienone is 2. The van der Waals surface area contributed by atoms with E-state index < -0.39 is 0 Å². The van der Waals surface area contributed by atoms with Crippen molar-refractivity contribution in [2.24, 2.45) is 0 Å². The molecular weight excluding hydrogens is 515 g/mol. The van der Waals surface area contributed by atoms with Crippen molar-refractivity contribution in [3.8, 4) is 5.75 Å². The number of hydrogen-bond acceptors (Lipinski definition) is 3. The number of benzene rings is 3. The number of methoxy groups -OCH3 is 1. The molecule has 3 aliphatic carbocycles. The van der Waals surface area contributed by atoms with Gasteiger partial charge in [-0.15, -0.1) is 0 Å². The van der Waals surface area contributed by atoms with Crippen LogP contribution in [0.2, 0.25) is 0 Å². The summed E-state index contributed by atoms with van der Waals surface area (Å²) in [6, 6.07) is 21.2. The Morgan fingerprint density at radius 1 is 0.829 bits per heavy atom. The molecule has 0 aromatic heterocycles. The van der Waals surface area contributed by atoms with Crippen LogP contribution in [0.25, 0.3) is 11.1 Å². The molecule has 2 amide bonds. The summed E-state index contributed by atoms with van der Waals surface area (Å²) < 4.78 is 18.7. The summed E-state index contributed by atoms with van der Waals surface area (Å²) in [6.45, 7) is 0.499. The molecule has 41 heavy (non-hydrogen) atoms. The van der Waals surface area contributed by atoms with Crippen LogP contribution in [0.4, 0.5) is 4.39 Å². The fourth-order valence-electron chi connectivity index (χ4n) is 5.41. The summed E-state index contributed by atoms with van der Waals surface area (Å²) >= 11 is 0. The number of fused-ring (bicyclic) bond motifs is 2. The van der Waals surface area contributed by atoms with E-state index in [-0.39, 0.29) is 17.6 Å². The number of nitrogens with one attached hydrogen (secondary N) is 2. The molecule has 0 bridgehead atoms. The number of hydrogen-bond donors (Lipinski definition) is 2. The second kappa shape index (κ2) is 13.4. The van der Waals surface area contributed by atoms with Crippen LogP contribution in [0.3, 0.4) is 0 Å². The highest BCUT2D eigenvalue weighted by molar-refractivity contribution is 5.96. The minimum Gasteiger partial charge on any atom is -0.497 e. The van der Waals surface area contributed by atoms with E-state index in [9.17, 15) is 14.0 Å². The lowest BCUT2D eigenvalue weighted by atomic mass is 9.87. The predicted molar refractivity (Wildman–Crippen MR) is 161 cm³/mol. The molecule has 0 radical (unpaired) electrons. The second-order valence-electron chi connectivity index (χ2n) is 10.9. The number of ether oxygens (including phenoxy) is 1. The number of halogens is 1. The summed E-state index contributed by atoms with van der Waals surface area (Å²) in [5.41, 5.74) is 7.63. The Bertz CT molecular complexity index is 1460. The van der Waals surface area contributed by atoms with Gasteiger partial charge in [-0.05, 0) is 115 Å². The average Bonchev–Trinajstić information content (AvgIpc) is 3.81. The lowest BCUT2D eigenvalue weighted by molar-refractivity contribution is -0.117. The Labute approximate surface area is 241 Å². The molecule has 0 aliphatic heterocycles. The second-order valence-corrected chi connectivity index (χ2v) is 10.9. The number of carbonyl (C=O) groups is 2. The van der Waals surface area contributed by atoms with Crippen molar-refractivity contribution in [1.29, 1.82) is 0 Å².